The number of hydrogen-bond donors (Lipinski definition) is 4. The molecule has 1 aromatic heterocycles. The maximum atomic E-state index is 12.7. The number of hydrogen-bond acceptors (Lipinski definition) is 11. The van der Waals surface area contributed by atoms with Gasteiger partial charge in [-0.25, -0.2) is 9.59 Å². The highest BCUT2D eigenvalue weighted by Crippen LogP contribution is 2.27. The van der Waals surface area contributed by atoms with E-state index in [1.54, 1.807) is 24.1 Å². The first-order chi connectivity index (χ1) is 18.6. The third kappa shape index (κ3) is 7.31. The van der Waals surface area contributed by atoms with Crippen LogP contribution in [0.3, 0.4) is 0 Å². The molecular weight excluding hydrogens is 516 g/mol. The van der Waals surface area contributed by atoms with E-state index in [4.69, 9.17) is 9.47 Å². The van der Waals surface area contributed by atoms with Gasteiger partial charge >= 0.3 is 17.6 Å². The number of benzene rings is 1. The molecule has 0 aliphatic carbocycles. The molecule has 1 unspecified atom stereocenters. The molecule has 14 heteroatoms. The molecule has 0 saturated carbocycles. The Morgan fingerprint density at radius 2 is 1.90 bits per heavy atom. The monoisotopic (exact) mass is 548 g/mol. The molecule has 3 rings (SSSR count). The summed E-state index contributed by atoms with van der Waals surface area (Å²) >= 11 is 0. The average Bonchev–Trinajstić information content (AvgIpc) is 3.31. The van der Waals surface area contributed by atoms with Crippen molar-refractivity contribution < 1.29 is 38.8 Å². The summed E-state index contributed by atoms with van der Waals surface area (Å²) in [6.45, 7) is -0.311. The van der Waals surface area contributed by atoms with Crippen LogP contribution in [0.15, 0.2) is 40.1 Å². The van der Waals surface area contributed by atoms with Crippen molar-refractivity contribution in [3.63, 3.8) is 0 Å². The molecule has 2 aromatic rings. The van der Waals surface area contributed by atoms with E-state index in [1.165, 1.54) is 37.1 Å². The van der Waals surface area contributed by atoms with Gasteiger partial charge in [0, 0.05) is 43.9 Å². The van der Waals surface area contributed by atoms with Gasteiger partial charge in [-0.15, -0.1) is 0 Å². The van der Waals surface area contributed by atoms with Gasteiger partial charge in [0.25, 0.3) is 11.5 Å². The van der Waals surface area contributed by atoms with Crippen LogP contribution >= 0.6 is 0 Å². The smallest absolute Gasteiger partial charge is 0.330 e. The largest absolute Gasteiger partial charge is 0.469 e. The Bertz CT molecular complexity index is 1290. The quantitative estimate of drug-likeness (QED) is 0.253. The molecule has 0 spiro atoms. The Kier molecular flexibility index (Phi) is 9.98. The minimum absolute atomic E-state index is 0.00805. The Labute approximate surface area is 223 Å². The van der Waals surface area contributed by atoms with Crippen molar-refractivity contribution in [1.29, 1.82) is 0 Å². The third-order valence-electron chi connectivity index (χ3n) is 6.37. The Balaban J connectivity index is 1.69. The number of amides is 1. The van der Waals surface area contributed by atoms with Crippen molar-refractivity contribution in [3.8, 4) is 0 Å². The van der Waals surface area contributed by atoms with Crippen molar-refractivity contribution in [1.82, 2.24) is 14.9 Å². The number of H-pyrrole nitrogens is 1. The third-order valence-corrected chi connectivity index (χ3v) is 6.37. The fraction of sp³-hybridized carbons (Fsp3) is 0.480. The summed E-state index contributed by atoms with van der Waals surface area (Å²) in [5.74, 6) is -1.77. The van der Waals surface area contributed by atoms with E-state index in [9.17, 15) is 34.2 Å². The number of anilines is 1. The zero-order valence-electron chi connectivity index (χ0n) is 21.8. The van der Waals surface area contributed by atoms with Gasteiger partial charge in [-0.1, -0.05) is 0 Å². The summed E-state index contributed by atoms with van der Waals surface area (Å²) in [5, 5.41) is 21.8. The fourth-order valence-corrected chi connectivity index (χ4v) is 4.11. The first-order valence-corrected chi connectivity index (χ1v) is 12.1. The number of esters is 2. The number of carbonyl (C=O) groups is 3. The van der Waals surface area contributed by atoms with Crippen LogP contribution < -0.4 is 21.5 Å². The van der Waals surface area contributed by atoms with Crippen LogP contribution in [0.25, 0.3) is 0 Å². The van der Waals surface area contributed by atoms with Gasteiger partial charge < -0.3 is 34.6 Å². The van der Waals surface area contributed by atoms with Crippen LogP contribution in [0.2, 0.25) is 0 Å². The van der Waals surface area contributed by atoms with Gasteiger partial charge in [-0.3, -0.25) is 23.9 Å². The lowest BCUT2D eigenvalue weighted by molar-refractivity contribution is -0.144. The van der Waals surface area contributed by atoms with Crippen LogP contribution in [0.1, 0.15) is 41.4 Å². The Morgan fingerprint density at radius 1 is 1.21 bits per heavy atom. The van der Waals surface area contributed by atoms with Crippen LogP contribution in [0, 0.1) is 0 Å². The van der Waals surface area contributed by atoms with Gasteiger partial charge in [0.2, 0.25) is 0 Å². The van der Waals surface area contributed by atoms with E-state index in [-0.39, 0.29) is 36.9 Å². The summed E-state index contributed by atoms with van der Waals surface area (Å²) < 4.78 is 16.0. The van der Waals surface area contributed by atoms with Crippen molar-refractivity contribution in [2.75, 3.05) is 32.8 Å². The van der Waals surface area contributed by atoms with Crippen molar-refractivity contribution in [2.24, 2.45) is 0 Å². The highest BCUT2D eigenvalue weighted by atomic mass is 16.5. The second-order valence-corrected chi connectivity index (χ2v) is 9.00. The first kappa shape index (κ1) is 29.5. The molecule has 0 radical (unpaired) electrons. The zero-order valence-corrected chi connectivity index (χ0v) is 21.8. The van der Waals surface area contributed by atoms with Gasteiger partial charge in [0.15, 0.2) is 0 Å². The van der Waals surface area contributed by atoms with E-state index in [2.05, 4.69) is 15.0 Å². The summed E-state index contributed by atoms with van der Waals surface area (Å²) in [4.78, 5) is 64.9. The number of aromatic nitrogens is 2. The summed E-state index contributed by atoms with van der Waals surface area (Å²) in [5.41, 5.74) is -0.143. The molecule has 4 N–H and O–H groups in total. The van der Waals surface area contributed by atoms with Crippen molar-refractivity contribution in [2.45, 2.75) is 50.3 Å². The molecular formula is C25H32N4O10. The molecule has 1 saturated heterocycles. The SMILES string of the molecule is COC(=O)CCC(NC(=O)c1ccc(N(C)Cc2cn([C@H]3C[C@H](O)[C@@H](CO)O3)c(=O)[nH]c2=O)cc1)C(=O)OC. The van der Waals surface area contributed by atoms with Gasteiger partial charge in [-0.05, 0) is 30.7 Å². The van der Waals surface area contributed by atoms with Crippen LogP contribution in [-0.2, 0) is 30.3 Å². The lowest BCUT2D eigenvalue weighted by Gasteiger charge is -2.21. The number of rotatable bonds is 11. The lowest BCUT2D eigenvalue weighted by Crippen LogP contribution is -2.41. The number of nitrogens with zero attached hydrogens (tertiary/aromatic N) is 2. The highest BCUT2D eigenvalue weighted by Gasteiger charge is 2.35. The molecule has 1 aliphatic rings. The van der Waals surface area contributed by atoms with E-state index < -0.39 is 60.2 Å². The molecule has 212 valence electrons. The van der Waals surface area contributed by atoms with E-state index in [0.717, 1.165) is 0 Å². The zero-order chi connectivity index (χ0) is 28.7. The molecule has 4 atom stereocenters. The molecule has 14 nitrogen and oxygen atoms in total. The Morgan fingerprint density at radius 3 is 2.49 bits per heavy atom. The Hall–Kier alpha value is -4.01. The van der Waals surface area contributed by atoms with Gasteiger partial charge in [0.1, 0.15) is 18.4 Å². The maximum Gasteiger partial charge on any atom is 0.330 e. The lowest BCUT2D eigenvalue weighted by atomic mass is 10.1. The highest BCUT2D eigenvalue weighted by molar-refractivity contribution is 5.97. The predicted octanol–water partition coefficient (Wildman–Crippen LogP) is -0.962. The average molecular weight is 549 g/mol. The number of nitrogens with one attached hydrogen (secondary N) is 2. The maximum absolute atomic E-state index is 12.7. The fourth-order valence-electron chi connectivity index (χ4n) is 4.11. The second kappa shape index (κ2) is 13.2. The van der Waals surface area contributed by atoms with Gasteiger partial charge in [0.05, 0.1) is 32.5 Å². The minimum atomic E-state index is -1.04. The van der Waals surface area contributed by atoms with Crippen molar-refractivity contribution in [3.05, 3.63) is 62.4 Å². The number of ether oxygens (including phenoxy) is 3. The second-order valence-electron chi connectivity index (χ2n) is 9.00. The minimum Gasteiger partial charge on any atom is -0.469 e. The summed E-state index contributed by atoms with van der Waals surface area (Å²) in [6.07, 6.45) is -1.25. The summed E-state index contributed by atoms with van der Waals surface area (Å²) in [6, 6.07) is 5.31. The number of methoxy groups -OCH3 is 2. The van der Waals surface area contributed by atoms with Crippen LogP contribution in [0.4, 0.5) is 5.69 Å². The molecule has 1 fully saturated rings. The van der Waals surface area contributed by atoms with E-state index in [0.29, 0.717) is 5.69 Å². The predicted molar refractivity (Wildman–Crippen MR) is 136 cm³/mol. The molecule has 1 aliphatic heterocycles. The van der Waals surface area contributed by atoms with Crippen molar-refractivity contribution >= 4 is 23.5 Å². The van der Waals surface area contributed by atoms with Gasteiger partial charge in [-0.2, -0.15) is 0 Å². The standard InChI is InChI=1S/C25H32N4O10/c1-28(11-15-12-29(25(36)27-23(15)34)20-10-18(31)19(13-30)39-20)16-6-4-14(5-7-16)22(33)26-17(24(35)38-3)8-9-21(32)37-2/h4-7,12,17-20,30-31H,8-11,13H2,1-3H3,(H,26,33)(H,27,34,36)/t17?,18-,19+,20+/m0/s1. The number of aromatic amines is 1. The topological polar surface area (TPSA) is 189 Å². The summed E-state index contributed by atoms with van der Waals surface area (Å²) in [7, 11) is 4.11. The van der Waals surface area contributed by atoms with E-state index >= 15 is 0 Å². The first-order valence-electron chi connectivity index (χ1n) is 12.1. The number of aliphatic hydroxyl groups excluding tert-OH is 2. The molecule has 39 heavy (non-hydrogen) atoms. The number of aliphatic hydroxyl groups is 2. The van der Waals surface area contributed by atoms with Crippen LogP contribution in [0.5, 0.6) is 0 Å². The molecule has 1 amide bonds. The van der Waals surface area contributed by atoms with E-state index in [1.807, 2.05) is 0 Å². The molecule has 0 bridgehead atoms. The molecule has 2 heterocycles. The number of carbonyl (C=O) groups excluding carboxylic acids is 3. The molecule has 1 aromatic carbocycles. The van der Waals surface area contributed by atoms with Crippen LogP contribution in [-0.4, -0.2) is 83.7 Å². The normalized spacial score (nSPS) is 19.3.